The van der Waals surface area contributed by atoms with Gasteiger partial charge in [-0.2, -0.15) is 0 Å². The summed E-state index contributed by atoms with van der Waals surface area (Å²) < 4.78 is 15.2. The van der Waals surface area contributed by atoms with Crippen molar-refractivity contribution < 1.29 is 9.18 Å². The highest BCUT2D eigenvalue weighted by Crippen LogP contribution is 2.23. The number of benzene rings is 1. The molecule has 2 rings (SSSR count). The Morgan fingerprint density at radius 3 is 2.65 bits per heavy atom. The van der Waals surface area contributed by atoms with Crippen molar-refractivity contribution in [2.24, 2.45) is 5.92 Å². The summed E-state index contributed by atoms with van der Waals surface area (Å²) in [6, 6.07) is 7.48. The molecule has 0 aliphatic heterocycles. The Bertz CT molecular complexity index is 644. The molecule has 1 heterocycles. The molecule has 0 saturated carbocycles. The van der Waals surface area contributed by atoms with E-state index >= 15 is 0 Å². The summed E-state index contributed by atoms with van der Waals surface area (Å²) in [5.74, 6) is -0.275. The van der Waals surface area contributed by atoms with Crippen LogP contribution >= 0.6 is 0 Å². The van der Waals surface area contributed by atoms with E-state index in [1.54, 1.807) is 12.1 Å². The molecule has 4 heteroatoms. The average Bonchev–Trinajstić information content (AvgIpc) is 2.63. The number of carbonyl (C=O) groups is 1. The highest BCUT2D eigenvalue weighted by Gasteiger charge is 2.20. The van der Waals surface area contributed by atoms with Crippen LogP contribution in [0.3, 0.4) is 0 Å². The van der Waals surface area contributed by atoms with Crippen molar-refractivity contribution in [2.75, 3.05) is 5.73 Å². The van der Waals surface area contributed by atoms with Crippen LogP contribution in [-0.2, 0) is 6.54 Å². The molecule has 0 fully saturated rings. The summed E-state index contributed by atoms with van der Waals surface area (Å²) in [4.78, 5) is 12.6. The van der Waals surface area contributed by atoms with Gasteiger partial charge in [-0.05, 0) is 31.0 Å². The highest BCUT2D eigenvalue weighted by molar-refractivity contribution is 6.11. The molecule has 2 N–H and O–H groups in total. The van der Waals surface area contributed by atoms with Gasteiger partial charge < -0.3 is 10.3 Å². The summed E-state index contributed by atoms with van der Waals surface area (Å²) in [7, 11) is 0. The fraction of sp³-hybridized carbons (Fsp3) is 0.312. The van der Waals surface area contributed by atoms with Crippen molar-refractivity contribution >= 4 is 11.5 Å². The third kappa shape index (κ3) is 2.74. The molecule has 106 valence electrons. The predicted molar refractivity (Wildman–Crippen MR) is 78.3 cm³/mol. The molecule has 0 amide bonds. The highest BCUT2D eigenvalue weighted by atomic mass is 19.1. The number of rotatable bonds is 4. The zero-order valence-electron chi connectivity index (χ0n) is 12.0. The first-order valence-corrected chi connectivity index (χ1v) is 6.66. The largest absolute Gasteiger partial charge is 0.397 e. The van der Waals surface area contributed by atoms with E-state index in [2.05, 4.69) is 13.8 Å². The molecule has 20 heavy (non-hydrogen) atoms. The Morgan fingerprint density at radius 1 is 1.35 bits per heavy atom. The number of aromatic nitrogens is 1. The van der Waals surface area contributed by atoms with Crippen LogP contribution in [0, 0.1) is 18.7 Å². The fourth-order valence-corrected chi connectivity index (χ4v) is 2.32. The predicted octanol–water partition coefficient (Wildman–Crippen LogP) is 3.40. The Balaban J connectivity index is 2.49. The Labute approximate surface area is 118 Å². The second kappa shape index (κ2) is 5.49. The number of anilines is 1. The molecule has 0 radical (unpaired) electrons. The first-order chi connectivity index (χ1) is 9.40. The zero-order valence-corrected chi connectivity index (χ0v) is 12.0. The van der Waals surface area contributed by atoms with Crippen LogP contribution in [0.5, 0.6) is 0 Å². The fourth-order valence-electron chi connectivity index (χ4n) is 2.32. The minimum Gasteiger partial charge on any atom is -0.397 e. The van der Waals surface area contributed by atoms with E-state index in [-0.39, 0.29) is 5.78 Å². The van der Waals surface area contributed by atoms with E-state index in [0.717, 1.165) is 5.69 Å². The molecule has 0 aliphatic rings. The summed E-state index contributed by atoms with van der Waals surface area (Å²) in [5, 5.41) is 0. The third-order valence-electron chi connectivity index (χ3n) is 3.18. The van der Waals surface area contributed by atoms with Crippen LogP contribution in [0.4, 0.5) is 10.1 Å². The van der Waals surface area contributed by atoms with E-state index in [9.17, 15) is 9.18 Å². The van der Waals surface area contributed by atoms with Gasteiger partial charge in [0.25, 0.3) is 0 Å². The summed E-state index contributed by atoms with van der Waals surface area (Å²) in [6.45, 7) is 6.78. The lowest BCUT2D eigenvalue weighted by atomic mass is 10.1. The van der Waals surface area contributed by atoms with E-state index < -0.39 is 5.82 Å². The van der Waals surface area contributed by atoms with E-state index in [1.807, 2.05) is 11.5 Å². The maximum atomic E-state index is 13.3. The third-order valence-corrected chi connectivity index (χ3v) is 3.18. The molecular weight excluding hydrogens is 255 g/mol. The maximum Gasteiger partial charge on any atom is 0.211 e. The quantitative estimate of drug-likeness (QED) is 0.869. The first kappa shape index (κ1) is 14.3. The molecule has 1 aromatic heterocycles. The number of hydrogen-bond acceptors (Lipinski definition) is 2. The monoisotopic (exact) mass is 274 g/mol. The molecule has 0 unspecified atom stereocenters. The minimum absolute atomic E-state index is 0.240. The van der Waals surface area contributed by atoms with Gasteiger partial charge in [-0.3, -0.25) is 4.79 Å². The second-order valence-corrected chi connectivity index (χ2v) is 5.43. The van der Waals surface area contributed by atoms with E-state index in [4.69, 9.17) is 5.73 Å². The van der Waals surface area contributed by atoms with Crippen LogP contribution in [0.1, 0.15) is 35.6 Å². The van der Waals surface area contributed by atoms with E-state index in [1.165, 1.54) is 18.2 Å². The molecule has 0 saturated heterocycles. The van der Waals surface area contributed by atoms with Gasteiger partial charge in [0, 0.05) is 17.8 Å². The van der Waals surface area contributed by atoms with Crippen molar-refractivity contribution in [1.82, 2.24) is 4.57 Å². The topological polar surface area (TPSA) is 48.0 Å². The second-order valence-electron chi connectivity index (χ2n) is 5.43. The number of nitrogen functional groups attached to an aromatic ring is 1. The lowest BCUT2D eigenvalue weighted by Crippen LogP contribution is -2.16. The van der Waals surface area contributed by atoms with Gasteiger partial charge >= 0.3 is 0 Å². The van der Waals surface area contributed by atoms with Crippen LogP contribution in [0.15, 0.2) is 30.3 Å². The van der Waals surface area contributed by atoms with Gasteiger partial charge in [-0.15, -0.1) is 0 Å². The summed E-state index contributed by atoms with van der Waals surface area (Å²) >= 11 is 0. The van der Waals surface area contributed by atoms with Gasteiger partial charge in [0.15, 0.2) is 0 Å². The standard InChI is InChI=1S/C16H19FN2O/c1-10(2)9-19-11(3)7-14(18)15(19)16(20)12-5-4-6-13(17)8-12/h4-8,10H,9,18H2,1-3H3. The SMILES string of the molecule is Cc1cc(N)c(C(=O)c2cccc(F)c2)n1CC(C)C. The number of nitrogens with two attached hydrogens (primary N) is 1. The van der Waals surface area contributed by atoms with Crippen molar-refractivity contribution in [1.29, 1.82) is 0 Å². The van der Waals surface area contributed by atoms with Crippen LogP contribution in [0.2, 0.25) is 0 Å². The smallest absolute Gasteiger partial charge is 0.211 e. The average molecular weight is 274 g/mol. The molecule has 0 spiro atoms. The number of hydrogen-bond donors (Lipinski definition) is 1. The Morgan fingerprint density at radius 2 is 2.05 bits per heavy atom. The van der Waals surface area contributed by atoms with Crippen molar-refractivity contribution in [3.05, 3.63) is 53.1 Å². The van der Waals surface area contributed by atoms with Gasteiger partial charge in [-0.25, -0.2) is 4.39 Å². The van der Waals surface area contributed by atoms with Gasteiger partial charge in [0.05, 0.1) is 5.69 Å². The number of carbonyl (C=O) groups excluding carboxylic acids is 1. The van der Waals surface area contributed by atoms with Crippen molar-refractivity contribution in [2.45, 2.75) is 27.3 Å². The van der Waals surface area contributed by atoms with Crippen molar-refractivity contribution in [3.8, 4) is 0 Å². The Kier molecular flexibility index (Phi) is 3.93. The minimum atomic E-state index is -0.423. The van der Waals surface area contributed by atoms with Crippen LogP contribution in [-0.4, -0.2) is 10.4 Å². The normalized spacial score (nSPS) is 11.1. The number of aryl methyl sites for hydroxylation is 1. The number of ketones is 1. The lowest BCUT2D eigenvalue weighted by molar-refractivity contribution is 0.103. The number of nitrogens with zero attached hydrogens (tertiary/aromatic N) is 1. The molecule has 3 nitrogen and oxygen atoms in total. The molecule has 0 aliphatic carbocycles. The van der Waals surface area contributed by atoms with Crippen LogP contribution < -0.4 is 5.73 Å². The molecule has 1 aromatic carbocycles. The summed E-state index contributed by atoms with van der Waals surface area (Å²) in [5.41, 5.74) is 8.11. The molecule has 0 atom stereocenters. The molecule has 0 bridgehead atoms. The molecular formula is C16H19FN2O. The van der Waals surface area contributed by atoms with Gasteiger partial charge in [0.1, 0.15) is 11.5 Å². The van der Waals surface area contributed by atoms with Gasteiger partial charge in [0.2, 0.25) is 5.78 Å². The zero-order chi connectivity index (χ0) is 14.9. The van der Waals surface area contributed by atoms with Crippen LogP contribution in [0.25, 0.3) is 0 Å². The van der Waals surface area contributed by atoms with E-state index in [0.29, 0.717) is 29.4 Å². The Hall–Kier alpha value is -2.10. The number of halogens is 1. The maximum absolute atomic E-state index is 13.3. The summed E-state index contributed by atoms with van der Waals surface area (Å²) in [6.07, 6.45) is 0. The molecule has 2 aromatic rings. The van der Waals surface area contributed by atoms with Crippen molar-refractivity contribution in [3.63, 3.8) is 0 Å². The first-order valence-electron chi connectivity index (χ1n) is 6.66. The van der Waals surface area contributed by atoms with Gasteiger partial charge in [-0.1, -0.05) is 26.0 Å². The lowest BCUT2D eigenvalue weighted by Gasteiger charge is -2.14.